The number of amides is 1. The van der Waals surface area contributed by atoms with Gasteiger partial charge in [-0.2, -0.15) is 0 Å². The van der Waals surface area contributed by atoms with Crippen LogP contribution in [-0.2, 0) is 4.79 Å². The molecule has 1 rings (SSSR count). The summed E-state index contributed by atoms with van der Waals surface area (Å²) in [7, 11) is 0. The van der Waals surface area contributed by atoms with E-state index in [9.17, 15) is 19.4 Å². The zero-order valence-corrected chi connectivity index (χ0v) is 8.99. The summed E-state index contributed by atoms with van der Waals surface area (Å²) in [4.78, 5) is 10.5. The molecule has 1 amide bonds. The van der Waals surface area contributed by atoms with E-state index < -0.39 is 30.4 Å². The van der Waals surface area contributed by atoms with E-state index in [1.807, 2.05) is 0 Å². The van der Waals surface area contributed by atoms with Crippen molar-refractivity contribution in [3.8, 4) is 0 Å². The summed E-state index contributed by atoms with van der Waals surface area (Å²) in [5.41, 5.74) is 4.61. The molecule has 0 radical (unpaired) electrons. The first-order valence-electron chi connectivity index (χ1n) is 4.51. The number of carbonyl (C=O) groups excluding carboxylic acids is 1. The molecule has 0 heterocycles. The van der Waals surface area contributed by atoms with Gasteiger partial charge in [0.1, 0.15) is 11.9 Å². The molecule has 0 aromatic heterocycles. The standard InChI is InChI=1S/C10H11ClFNO3/c11-5-2-1-3-6(12)9(5)10(16)7(14)4-8(13)15/h1-3,7,10,14,16H,4H2,(H2,13,15). The van der Waals surface area contributed by atoms with Gasteiger partial charge in [-0.25, -0.2) is 4.39 Å². The van der Waals surface area contributed by atoms with Gasteiger partial charge in [-0.1, -0.05) is 17.7 Å². The Bertz CT molecular complexity index is 379. The molecule has 2 atom stereocenters. The second kappa shape index (κ2) is 5.25. The maximum atomic E-state index is 13.3. The van der Waals surface area contributed by atoms with E-state index in [0.717, 1.165) is 6.07 Å². The number of aliphatic hydroxyl groups excluding tert-OH is 2. The number of nitrogens with two attached hydrogens (primary N) is 1. The van der Waals surface area contributed by atoms with Gasteiger partial charge < -0.3 is 15.9 Å². The Labute approximate surface area is 96.4 Å². The zero-order chi connectivity index (χ0) is 12.3. The summed E-state index contributed by atoms with van der Waals surface area (Å²) in [6.45, 7) is 0. The summed E-state index contributed by atoms with van der Waals surface area (Å²) >= 11 is 5.68. The third-order valence-corrected chi connectivity index (χ3v) is 2.40. The molecule has 2 unspecified atom stereocenters. The minimum absolute atomic E-state index is 0.0176. The van der Waals surface area contributed by atoms with Gasteiger partial charge in [0.2, 0.25) is 5.91 Å². The number of benzene rings is 1. The molecule has 0 fully saturated rings. The van der Waals surface area contributed by atoms with Crippen molar-refractivity contribution in [2.24, 2.45) is 5.73 Å². The van der Waals surface area contributed by atoms with Crippen LogP contribution in [0.1, 0.15) is 18.1 Å². The second-order valence-corrected chi connectivity index (χ2v) is 3.73. The number of rotatable bonds is 4. The summed E-state index contributed by atoms with van der Waals surface area (Å²) < 4.78 is 13.3. The van der Waals surface area contributed by atoms with E-state index in [0.29, 0.717) is 0 Å². The van der Waals surface area contributed by atoms with Gasteiger partial charge in [-0.15, -0.1) is 0 Å². The molecule has 0 saturated heterocycles. The lowest BCUT2D eigenvalue weighted by molar-refractivity contribution is -0.121. The Kier molecular flexibility index (Phi) is 4.23. The maximum Gasteiger partial charge on any atom is 0.220 e. The van der Waals surface area contributed by atoms with Gasteiger partial charge in [0.25, 0.3) is 0 Å². The van der Waals surface area contributed by atoms with Crippen LogP contribution in [0, 0.1) is 5.82 Å². The topological polar surface area (TPSA) is 83.6 Å². The lowest BCUT2D eigenvalue weighted by Gasteiger charge is -2.18. The highest BCUT2D eigenvalue weighted by atomic mass is 35.5. The molecule has 0 aliphatic heterocycles. The molecule has 0 bridgehead atoms. The van der Waals surface area contributed by atoms with Crippen LogP contribution in [-0.4, -0.2) is 22.2 Å². The largest absolute Gasteiger partial charge is 0.390 e. The van der Waals surface area contributed by atoms with Crippen molar-refractivity contribution >= 4 is 17.5 Å². The van der Waals surface area contributed by atoms with Crippen LogP contribution >= 0.6 is 11.6 Å². The quantitative estimate of drug-likeness (QED) is 0.734. The van der Waals surface area contributed by atoms with E-state index in [1.54, 1.807) is 0 Å². The number of hydrogen-bond acceptors (Lipinski definition) is 3. The van der Waals surface area contributed by atoms with Crippen LogP contribution in [0.2, 0.25) is 5.02 Å². The Morgan fingerprint density at radius 3 is 2.62 bits per heavy atom. The van der Waals surface area contributed by atoms with Gasteiger partial charge in [0.15, 0.2) is 0 Å². The highest BCUT2D eigenvalue weighted by Gasteiger charge is 2.25. The summed E-state index contributed by atoms with van der Waals surface area (Å²) in [5.74, 6) is -1.54. The van der Waals surface area contributed by atoms with Crippen molar-refractivity contribution in [3.05, 3.63) is 34.6 Å². The first-order valence-corrected chi connectivity index (χ1v) is 4.89. The first kappa shape index (κ1) is 12.9. The monoisotopic (exact) mass is 247 g/mol. The first-order chi connectivity index (χ1) is 7.43. The molecule has 4 nitrogen and oxygen atoms in total. The van der Waals surface area contributed by atoms with Crippen molar-refractivity contribution in [2.75, 3.05) is 0 Å². The van der Waals surface area contributed by atoms with Crippen molar-refractivity contribution in [3.63, 3.8) is 0 Å². The van der Waals surface area contributed by atoms with Crippen LogP contribution in [0.5, 0.6) is 0 Å². The van der Waals surface area contributed by atoms with Gasteiger partial charge in [-0.05, 0) is 12.1 Å². The van der Waals surface area contributed by atoms with Crippen molar-refractivity contribution in [1.29, 1.82) is 0 Å². The minimum Gasteiger partial charge on any atom is -0.390 e. The Balaban J connectivity index is 2.95. The average Bonchev–Trinajstić information content (AvgIpc) is 2.16. The SMILES string of the molecule is NC(=O)CC(O)C(O)c1c(F)cccc1Cl. The third-order valence-electron chi connectivity index (χ3n) is 2.07. The van der Waals surface area contributed by atoms with Crippen LogP contribution < -0.4 is 5.73 Å². The smallest absolute Gasteiger partial charge is 0.220 e. The molecule has 0 spiro atoms. The fourth-order valence-electron chi connectivity index (χ4n) is 1.30. The molecule has 4 N–H and O–H groups in total. The predicted octanol–water partition coefficient (Wildman–Crippen LogP) is 0.749. The zero-order valence-electron chi connectivity index (χ0n) is 8.23. The minimum atomic E-state index is -1.58. The number of hydrogen-bond donors (Lipinski definition) is 3. The Morgan fingerprint density at radius 1 is 1.50 bits per heavy atom. The molecule has 1 aromatic carbocycles. The summed E-state index contributed by atoms with van der Waals surface area (Å²) in [5, 5.41) is 19.0. The highest BCUT2D eigenvalue weighted by Crippen LogP contribution is 2.28. The van der Waals surface area contributed by atoms with Crippen LogP contribution in [0.25, 0.3) is 0 Å². The molecule has 0 aliphatic carbocycles. The van der Waals surface area contributed by atoms with Gasteiger partial charge >= 0.3 is 0 Å². The molecular weight excluding hydrogens is 237 g/mol. The molecular formula is C10H11ClFNO3. The van der Waals surface area contributed by atoms with E-state index in [-0.39, 0.29) is 10.6 Å². The lowest BCUT2D eigenvalue weighted by atomic mass is 10.0. The maximum absolute atomic E-state index is 13.3. The van der Waals surface area contributed by atoms with Crippen molar-refractivity contribution in [2.45, 2.75) is 18.6 Å². The number of carbonyl (C=O) groups is 1. The van der Waals surface area contributed by atoms with E-state index in [4.69, 9.17) is 17.3 Å². The number of halogens is 2. The summed E-state index contributed by atoms with van der Waals surface area (Å²) in [6, 6.07) is 3.84. The Hall–Kier alpha value is -1.17. The van der Waals surface area contributed by atoms with Crippen LogP contribution in [0.4, 0.5) is 4.39 Å². The van der Waals surface area contributed by atoms with E-state index in [1.165, 1.54) is 12.1 Å². The third kappa shape index (κ3) is 2.91. The molecule has 1 aromatic rings. The summed E-state index contributed by atoms with van der Waals surface area (Å²) in [6.07, 6.45) is -3.53. The molecule has 88 valence electrons. The van der Waals surface area contributed by atoms with Gasteiger partial charge in [0, 0.05) is 10.6 Å². The average molecular weight is 248 g/mol. The number of primary amides is 1. The van der Waals surface area contributed by atoms with E-state index >= 15 is 0 Å². The molecule has 0 saturated carbocycles. The molecule has 6 heteroatoms. The predicted molar refractivity (Wildman–Crippen MR) is 56.2 cm³/mol. The second-order valence-electron chi connectivity index (χ2n) is 3.32. The number of aliphatic hydroxyl groups is 2. The fourth-order valence-corrected chi connectivity index (χ4v) is 1.58. The van der Waals surface area contributed by atoms with Gasteiger partial charge in [0.05, 0.1) is 12.5 Å². The Morgan fingerprint density at radius 2 is 2.12 bits per heavy atom. The van der Waals surface area contributed by atoms with Crippen molar-refractivity contribution in [1.82, 2.24) is 0 Å². The van der Waals surface area contributed by atoms with Gasteiger partial charge in [-0.3, -0.25) is 4.79 Å². The van der Waals surface area contributed by atoms with E-state index in [2.05, 4.69) is 0 Å². The fraction of sp³-hybridized carbons (Fsp3) is 0.300. The lowest BCUT2D eigenvalue weighted by Crippen LogP contribution is -2.26. The van der Waals surface area contributed by atoms with Crippen LogP contribution in [0.3, 0.4) is 0 Å². The molecule has 16 heavy (non-hydrogen) atoms. The normalized spacial score (nSPS) is 14.5. The van der Waals surface area contributed by atoms with Crippen LogP contribution in [0.15, 0.2) is 18.2 Å². The molecule has 0 aliphatic rings. The highest BCUT2D eigenvalue weighted by molar-refractivity contribution is 6.31. The van der Waals surface area contributed by atoms with Crippen molar-refractivity contribution < 1.29 is 19.4 Å².